The van der Waals surface area contributed by atoms with Gasteiger partial charge in [-0.15, -0.1) is 11.6 Å². The third-order valence-electron chi connectivity index (χ3n) is 3.47. The highest BCUT2D eigenvalue weighted by Crippen LogP contribution is 2.59. The average molecular weight is 177 g/mol. The molecule has 2 aliphatic carbocycles. The minimum absolute atomic E-state index is 0.0324. The smallest absolute Gasteiger partial charge is 0.0969 e. The van der Waals surface area contributed by atoms with Crippen LogP contribution >= 0.6 is 11.6 Å². The summed E-state index contributed by atoms with van der Waals surface area (Å²) in [5.74, 6) is 0.0324. The number of alkyl halides is 1. The zero-order valence-corrected chi connectivity index (χ0v) is 7.30. The van der Waals surface area contributed by atoms with Gasteiger partial charge in [0, 0.05) is 5.92 Å². The van der Waals surface area contributed by atoms with Crippen molar-refractivity contribution in [2.24, 2.45) is 5.92 Å². The minimum atomic E-state index is -0.797. The van der Waals surface area contributed by atoms with Crippen molar-refractivity contribution < 1.29 is 10.2 Å². The second-order valence-corrected chi connectivity index (χ2v) is 4.73. The Labute approximate surface area is 71.2 Å². The standard InChI is InChI=1S/C8H13ClO2/c1-7(9)6(10)5-3-2-4-8(5,7)11/h5-6,10-11H,2-4H2,1H3/t5-,6-,7-,8+/m0/s1. The molecule has 2 N–H and O–H groups in total. The summed E-state index contributed by atoms with van der Waals surface area (Å²) in [5.41, 5.74) is -0.784. The number of rotatable bonds is 0. The summed E-state index contributed by atoms with van der Waals surface area (Å²) in [4.78, 5) is -0.797. The highest BCUT2D eigenvalue weighted by molar-refractivity contribution is 6.26. The van der Waals surface area contributed by atoms with E-state index >= 15 is 0 Å². The molecule has 0 heterocycles. The molecule has 2 rings (SSSR count). The van der Waals surface area contributed by atoms with Gasteiger partial charge in [-0.05, 0) is 19.8 Å². The van der Waals surface area contributed by atoms with E-state index in [9.17, 15) is 10.2 Å². The molecule has 3 heteroatoms. The summed E-state index contributed by atoms with van der Waals surface area (Å²) in [6.45, 7) is 1.72. The van der Waals surface area contributed by atoms with E-state index in [1.165, 1.54) is 0 Å². The van der Waals surface area contributed by atoms with E-state index in [1.54, 1.807) is 6.92 Å². The van der Waals surface area contributed by atoms with Crippen molar-refractivity contribution in [3.63, 3.8) is 0 Å². The zero-order valence-electron chi connectivity index (χ0n) is 6.55. The first-order chi connectivity index (χ1) is 5.00. The molecule has 0 radical (unpaired) electrons. The van der Waals surface area contributed by atoms with Gasteiger partial charge in [0.25, 0.3) is 0 Å². The Balaban J connectivity index is 2.29. The van der Waals surface area contributed by atoms with Gasteiger partial charge in [0.1, 0.15) is 0 Å². The van der Waals surface area contributed by atoms with Crippen molar-refractivity contribution >= 4 is 11.6 Å². The lowest BCUT2D eigenvalue weighted by atomic mass is 9.60. The Hall–Kier alpha value is 0.210. The molecule has 11 heavy (non-hydrogen) atoms. The molecule has 4 atom stereocenters. The second-order valence-electron chi connectivity index (χ2n) is 3.94. The number of aliphatic hydroxyl groups is 2. The molecule has 0 aromatic carbocycles. The van der Waals surface area contributed by atoms with E-state index in [2.05, 4.69) is 0 Å². The SMILES string of the molecule is C[C@]1(Cl)[C@@H](O)[C@@H]2CCC[C@@]21O. The monoisotopic (exact) mass is 176 g/mol. The Kier molecular flexibility index (Phi) is 1.37. The Morgan fingerprint density at radius 3 is 2.73 bits per heavy atom. The number of hydrogen-bond acceptors (Lipinski definition) is 2. The van der Waals surface area contributed by atoms with Crippen molar-refractivity contribution in [2.75, 3.05) is 0 Å². The fraction of sp³-hybridized carbons (Fsp3) is 1.00. The zero-order chi connectivity index (χ0) is 8.28. The molecule has 64 valence electrons. The van der Waals surface area contributed by atoms with Gasteiger partial charge < -0.3 is 10.2 Å². The summed E-state index contributed by atoms with van der Waals surface area (Å²) in [7, 11) is 0. The van der Waals surface area contributed by atoms with Crippen molar-refractivity contribution in [3.05, 3.63) is 0 Å². The van der Waals surface area contributed by atoms with Crippen molar-refractivity contribution in [1.82, 2.24) is 0 Å². The van der Waals surface area contributed by atoms with Crippen LogP contribution in [0.5, 0.6) is 0 Å². The lowest BCUT2D eigenvalue weighted by Crippen LogP contribution is -2.72. The summed E-state index contributed by atoms with van der Waals surface area (Å²) in [6, 6.07) is 0. The minimum Gasteiger partial charge on any atom is -0.391 e. The maximum absolute atomic E-state index is 9.96. The van der Waals surface area contributed by atoms with Crippen molar-refractivity contribution in [3.8, 4) is 0 Å². The van der Waals surface area contributed by atoms with E-state index in [0.717, 1.165) is 19.3 Å². The van der Waals surface area contributed by atoms with Crippen LogP contribution in [0.3, 0.4) is 0 Å². The highest BCUT2D eigenvalue weighted by Gasteiger charge is 2.69. The fourth-order valence-electron chi connectivity index (χ4n) is 2.58. The molecule has 0 spiro atoms. The molecule has 2 saturated carbocycles. The van der Waals surface area contributed by atoms with Crippen LogP contribution in [0.15, 0.2) is 0 Å². The number of fused-ring (bicyclic) bond motifs is 1. The predicted octanol–water partition coefficient (Wildman–Crippen LogP) is 0.890. The molecule has 0 aromatic heterocycles. The van der Waals surface area contributed by atoms with Crippen LogP contribution in [0, 0.1) is 5.92 Å². The normalized spacial score (nSPS) is 62.2. The summed E-state index contributed by atoms with van der Waals surface area (Å²) >= 11 is 6.00. The first kappa shape index (κ1) is 7.84. The van der Waals surface area contributed by atoms with Crippen LogP contribution < -0.4 is 0 Å². The highest BCUT2D eigenvalue weighted by atomic mass is 35.5. The van der Waals surface area contributed by atoms with Crippen molar-refractivity contribution in [1.29, 1.82) is 0 Å². The molecule has 0 aromatic rings. The van der Waals surface area contributed by atoms with Crippen LogP contribution in [0.4, 0.5) is 0 Å². The number of halogens is 1. The van der Waals surface area contributed by atoms with E-state index < -0.39 is 16.6 Å². The molecule has 0 bridgehead atoms. The van der Waals surface area contributed by atoms with Gasteiger partial charge >= 0.3 is 0 Å². The van der Waals surface area contributed by atoms with Gasteiger partial charge in [0.05, 0.1) is 16.6 Å². The van der Waals surface area contributed by atoms with Gasteiger partial charge in [-0.3, -0.25) is 0 Å². The first-order valence-corrected chi connectivity index (χ1v) is 4.47. The maximum Gasteiger partial charge on any atom is 0.0969 e. The van der Waals surface area contributed by atoms with Crippen LogP contribution in [0.1, 0.15) is 26.2 Å². The Morgan fingerprint density at radius 1 is 1.55 bits per heavy atom. The van der Waals surface area contributed by atoms with Gasteiger partial charge in [0.15, 0.2) is 0 Å². The molecular formula is C8H13ClO2. The molecule has 0 unspecified atom stereocenters. The number of aliphatic hydroxyl groups excluding tert-OH is 1. The third-order valence-corrected chi connectivity index (χ3v) is 4.02. The summed E-state index contributed by atoms with van der Waals surface area (Å²) < 4.78 is 0. The fourth-order valence-corrected chi connectivity index (χ4v) is 2.97. The van der Waals surface area contributed by atoms with Crippen molar-refractivity contribution in [2.45, 2.75) is 42.8 Å². The topological polar surface area (TPSA) is 40.5 Å². The van der Waals surface area contributed by atoms with Gasteiger partial charge in [-0.1, -0.05) is 6.42 Å². The molecule has 0 aliphatic heterocycles. The number of hydrogen-bond donors (Lipinski definition) is 2. The Morgan fingerprint density at radius 2 is 2.18 bits per heavy atom. The quantitative estimate of drug-likeness (QED) is 0.539. The van der Waals surface area contributed by atoms with Gasteiger partial charge in [0.2, 0.25) is 0 Å². The van der Waals surface area contributed by atoms with E-state index in [1.807, 2.05) is 0 Å². The van der Waals surface area contributed by atoms with E-state index in [0.29, 0.717) is 0 Å². The van der Waals surface area contributed by atoms with E-state index in [4.69, 9.17) is 11.6 Å². The summed E-state index contributed by atoms with van der Waals surface area (Å²) in [5, 5.41) is 19.5. The summed E-state index contributed by atoms with van der Waals surface area (Å²) in [6.07, 6.45) is 2.13. The van der Waals surface area contributed by atoms with Gasteiger partial charge in [-0.25, -0.2) is 0 Å². The lowest BCUT2D eigenvalue weighted by molar-refractivity contribution is -0.188. The second kappa shape index (κ2) is 1.93. The molecule has 0 saturated heterocycles. The molecular weight excluding hydrogens is 164 g/mol. The molecule has 2 fully saturated rings. The molecule has 2 aliphatic rings. The Bertz CT molecular complexity index is 193. The van der Waals surface area contributed by atoms with Crippen LogP contribution in [-0.4, -0.2) is 26.8 Å². The molecule has 2 nitrogen and oxygen atoms in total. The average Bonchev–Trinajstić information content (AvgIpc) is 2.30. The molecule has 0 amide bonds. The van der Waals surface area contributed by atoms with Crippen LogP contribution in [0.2, 0.25) is 0 Å². The third kappa shape index (κ3) is 0.663. The van der Waals surface area contributed by atoms with E-state index in [-0.39, 0.29) is 5.92 Å². The van der Waals surface area contributed by atoms with Crippen LogP contribution in [-0.2, 0) is 0 Å². The lowest BCUT2D eigenvalue weighted by Gasteiger charge is -2.57. The largest absolute Gasteiger partial charge is 0.391 e. The van der Waals surface area contributed by atoms with Gasteiger partial charge in [-0.2, -0.15) is 0 Å². The first-order valence-electron chi connectivity index (χ1n) is 4.09. The predicted molar refractivity (Wildman–Crippen MR) is 42.6 cm³/mol. The van der Waals surface area contributed by atoms with Crippen LogP contribution in [0.25, 0.3) is 0 Å². The maximum atomic E-state index is 9.96.